The normalized spacial score (nSPS) is 18.7. The zero-order valence-corrected chi connectivity index (χ0v) is 20.5. The third kappa shape index (κ3) is 4.90. The smallest absolute Gasteiger partial charge is 0.265 e. The summed E-state index contributed by atoms with van der Waals surface area (Å²) in [6, 6.07) is 27.9. The highest BCUT2D eigenvalue weighted by Crippen LogP contribution is 2.35. The summed E-state index contributed by atoms with van der Waals surface area (Å²) in [6.45, 7) is 2.49. The van der Waals surface area contributed by atoms with Gasteiger partial charge in [-0.1, -0.05) is 72.8 Å². The minimum absolute atomic E-state index is 0.0223. The van der Waals surface area contributed by atoms with E-state index in [-0.39, 0.29) is 18.5 Å². The Kier molecular flexibility index (Phi) is 6.49. The van der Waals surface area contributed by atoms with E-state index in [9.17, 15) is 13.2 Å². The van der Waals surface area contributed by atoms with Gasteiger partial charge < -0.3 is 9.64 Å². The Morgan fingerprint density at radius 3 is 1.94 bits per heavy atom. The van der Waals surface area contributed by atoms with Crippen molar-refractivity contribution in [3.05, 3.63) is 96.1 Å². The van der Waals surface area contributed by atoms with Crippen LogP contribution >= 0.6 is 0 Å². The quantitative estimate of drug-likeness (QED) is 0.549. The number of nitrogens with zero attached hydrogens (tertiary/aromatic N) is 3. The largest absolute Gasteiger partial charge is 0.476 e. The van der Waals surface area contributed by atoms with E-state index in [0.29, 0.717) is 37.6 Å². The standard InChI is InChI=1S/C27H29N3O4S/c1-35(32,33)30-20-25(34-24-15-9-8-14-23(24)30)27(31)29-18-16-28(17-19-29)26(21-10-4-2-5-11-21)22-12-6-3-7-13-22/h2-15,25-26H,16-20H2,1H3/t25-/m0/s1. The van der Waals surface area contributed by atoms with Crippen molar-refractivity contribution in [2.24, 2.45) is 0 Å². The fourth-order valence-electron chi connectivity index (χ4n) is 4.93. The Morgan fingerprint density at radius 1 is 0.829 bits per heavy atom. The first-order valence-corrected chi connectivity index (χ1v) is 13.6. The molecule has 0 aromatic heterocycles. The van der Waals surface area contributed by atoms with Crippen LogP contribution < -0.4 is 9.04 Å². The highest BCUT2D eigenvalue weighted by Gasteiger charge is 2.38. The van der Waals surface area contributed by atoms with E-state index in [0.717, 1.165) is 6.26 Å². The predicted molar refractivity (Wildman–Crippen MR) is 136 cm³/mol. The first-order valence-electron chi connectivity index (χ1n) is 11.8. The van der Waals surface area contributed by atoms with Crippen molar-refractivity contribution >= 4 is 21.6 Å². The highest BCUT2D eigenvalue weighted by atomic mass is 32.2. The van der Waals surface area contributed by atoms with Crippen molar-refractivity contribution in [3.8, 4) is 5.75 Å². The summed E-state index contributed by atoms with van der Waals surface area (Å²) >= 11 is 0. The molecule has 1 amide bonds. The second-order valence-corrected chi connectivity index (χ2v) is 10.9. The van der Waals surface area contributed by atoms with Crippen LogP contribution in [0, 0.1) is 0 Å². The Morgan fingerprint density at radius 2 is 1.37 bits per heavy atom. The van der Waals surface area contributed by atoms with Gasteiger partial charge in [0.15, 0.2) is 6.10 Å². The molecule has 3 aromatic rings. The van der Waals surface area contributed by atoms with E-state index < -0.39 is 16.1 Å². The number of amides is 1. The number of fused-ring (bicyclic) bond motifs is 1. The molecule has 8 heteroatoms. The Bertz CT molecular complexity index is 1240. The summed E-state index contributed by atoms with van der Waals surface area (Å²) in [4.78, 5) is 17.6. The molecule has 2 aliphatic rings. The maximum absolute atomic E-state index is 13.4. The molecule has 3 aromatic carbocycles. The van der Waals surface area contributed by atoms with Gasteiger partial charge in [0.25, 0.3) is 5.91 Å². The molecule has 0 saturated carbocycles. The Labute approximate surface area is 206 Å². The van der Waals surface area contributed by atoms with E-state index in [2.05, 4.69) is 53.4 Å². The number of ether oxygens (including phenoxy) is 1. The van der Waals surface area contributed by atoms with Crippen LogP contribution in [-0.2, 0) is 14.8 Å². The summed E-state index contributed by atoms with van der Waals surface area (Å²) in [6.07, 6.45) is 0.285. The SMILES string of the molecule is CS(=O)(=O)N1C[C@@H](C(=O)N2CCN(C(c3ccccc3)c3ccccc3)CC2)Oc2ccccc21. The fourth-order valence-corrected chi connectivity index (χ4v) is 5.85. The number of piperazine rings is 1. The zero-order chi connectivity index (χ0) is 24.4. The predicted octanol–water partition coefficient (Wildman–Crippen LogP) is 3.15. The average Bonchev–Trinajstić information content (AvgIpc) is 2.89. The molecule has 0 bridgehead atoms. The molecule has 1 saturated heterocycles. The van der Waals surface area contributed by atoms with Gasteiger partial charge in [-0.15, -0.1) is 0 Å². The lowest BCUT2D eigenvalue weighted by molar-refractivity contribution is -0.140. The van der Waals surface area contributed by atoms with E-state index in [1.807, 2.05) is 12.1 Å². The van der Waals surface area contributed by atoms with Crippen LogP contribution in [0.3, 0.4) is 0 Å². The number of hydrogen-bond acceptors (Lipinski definition) is 5. The maximum Gasteiger partial charge on any atom is 0.265 e. The van der Waals surface area contributed by atoms with Gasteiger partial charge in [0.05, 0.1) is 24.5 Å². The molecular formula is C27H29N3O4S. The summed E-state index contributed by atoms with van der Waals surface area (Å²) in [5.74, 6) is 0.234. The van der Waals surface area contributed by atoms with Crippen LogP contribution in [-0.4, -0.2) is 69.2 Å². The van der Waals surface area contributed by atoms with Gasteiger partial charge in [-0.05, 0) is 23.3 Å². The number of anilines is 1. The molecular weight excluding hydrogens is 462 g/mol. The van der Waals surface area contributed by atoms with Gasteiger partial charge in [-0.3, -0.25) is 14.0 Å². The van der Waals surface area contributed by atoms with Gasteiger partial charge in [-0.25, -0.2) is 8.42 Å². The number of rotatable bonds is 5. The molecule has 35 heavy (non-hydrogen) atoms. The molecule has 182 valence electrons. The third-order valence-corrected chi connectivity index (χ3v) is 7.78. The molecule has 2 heterocycles. The summed E-state index contributed by atoms with van der Waals surface area (Å²) in [7, 11) is -3.54. The summed E-state index contributed by atoms with van der Waals surface area (Å²) in [5, 5.41) is 0. The van der Waals surface area contributed by atoms with Crippen molar-refractivity contribution in [1.82, 2.24) is 9.80 Å². The van der Waals surface area contributed by atoms with Crippen LogP contribution in [0.2, 0.25) is 0 Å². The highest BCUT2D eigenvalue weighted by molar-refractivity contribution is 7.92. The lowest BCUT2D eigenvalue weighted by Gasteiger charge is -2.42. The second kappa shape index (κ2) is 9.71. The zero-order valence-electron chi connectivity index (χ0n) is 19.7. The Hall–Kier alpha value is -3.36. The van der Waals surface area contributed by atoms with Gasteiger partial charge >= 0.3 is 0 Å². The van der Waals surface area contributed by atoms with E-state index in [1.54, 1.807) is 29.2 Å². The van der Waals surface area contributed by atoms with Gasteiger partial charge in [0, 0.05) is 26.2 Å². The van der Waals surface area contributed by atoms with Crippen molar-refractivity contribution < 1.29 is 17.9 Å². The first kappa shape index (κ1) is 23.4. The number of para-hydroxylation sites is 2. The number of sulfonamides is 1. The van der Waals surface area contributed by atoms with Crippen molar-refractivity contribution in [2.45, 2.75) is 12.1 Å². The first-order chi connectivity index (χ1) is 16.9. The van der Waals surface area contributed by atoms with Gasteiger partial charge in [0.2, 0.25) is 10.0 Å². The number of benzene rings is 3. The van der Waals surface area contributed by atoms with Crippen molar-refractivity contribution in [2.75, 3.05) is 43.3 Å². The number of carbonyl (C=O) groups excluding carboxylic acids is 1. The topological polar surface area (TPSA) is 70.2 Å². The van der Waals surface area contributed by atoms with Crippen LogP contribution in [0.5, 0.6) is 5.75 Å². The second-order valence-electron chi connectivity index (χ2n) is 8.95. The molecule has 7 nitrogen and oxygen atoms in total. The molecule has 0 radical (unpaired) electrons. The number of carbonyl (C=O) groups is 1. The summed E-state index contributed by atoms with van der Waals surface area (Å²) in [5.41, 5.74) is 2.90. The van der Waals surface area contributed by atoms with Crippen LogP contribution in [0.25, 0.3) is 0 Å². The summed E-state index contributed by atoms with van der Waals surface area (Å²) < 4.78 is 32.1. The molecule has 0 N–H and O–H groups in total. The molecule has 2 aliphatic heterocycles. The number of hydrogen-bond donors (Lipinski definition) is 0. The molecule has 5 rings (SSSR count). The fraction of sp³-hybridized carbons (Fsp3) is 0.296. The van der Waals surface area contributed by atoms with Crippen LogP contribution in [0.15, 0.2) is 84.9 Å². The lowest BCUT2D eigenvalue weighted by Crippen LogP contribution is -2.56. The van der Waals surface area contributed by atoms with Gasteiger partial charge in [-0.2, -0.15) is 0 Å². The molecule has 0 unspecified atom stereocenters. The minimum Gasteiger partial charge on any atom is -0.476 e. The van der Waals surface area contributed by atoms with Crippen molar-refractivity contribution in [1.29, 1.82) is 0 Å². The van der Waals surface area contributed by atoms with Gasteiger partial charge in [0.1, 0.15) is 5.75 Å². The molecule has 1 fully saturated rings. The van der Waals surface area contributed by atoms with Crippen molar-refractivity contribution in [3.63, 3.8) is 0 Å². The molecule has 0 spiro atoms. The molecule has 0 aliphatic carbocycles. The van der Waals surface area contributed by atoms with E-state index >= 15 is 0 Å². The maximum atomic E-state index is 13.4. The minimum atomic E-state index is -3.54. The van der Waals surface area contributed by atoms with Crippen LogP contribution in [0.1, 0.15) is 17.2 Å². The third-order valence-electron chi connectivity index (χ3n) is 6.63. The average molecular weight is 492 g/mol. The van der Waals surface area contributed by atoms with E-state index in [4.69, 9.17) is 4.74 Å². The van der Waals surface area contributed by atoms with E-state index in [1.165, 1.54) is 15.4 Å². The lowest BCUT2D eigenvalue weighted by atomic mass is 9.96. The Balaban J connectivity index is 1.31. The molecule has 1 atom stereocenters. The monoisotopic (exact) mass is 491 g/mol. The van der Waals surface area contributed by atoms with Crippen LogP contribution in [0.4, 0.5) is 5.69 Å².